The summed E-state index contributed by atoms with van der Waals surface area (Å²) in [6.45, 7) is 6.46. The molecule has 29 heavy (non-hydrogen) atoms. The molecule has 0 radical (unpaired) electrons. The van der Waals surface area contributed by atoms with Gasteiger partial charge >= 0.3 is 11.9 Å². The number of ether oxygens (including phenoxy) is 3. The van der Waals surface area contributed by atoms with Gasteiger partial charge in [0.2, 0.25) is 0 Å². The molecule has 0 saturated heterocycles. The van der Waals surface area contributed by atoms with E-state index in [4.69, 9.17) is 14.2 Å². The minimum absolute atomic E-state index is 0.00734. The first-order valence-corrected chi connectivity index (χ1v) is 11.1. The third-order valence-corrected chi connectivity index (χ3v) is 4.48. The lowest BCUT2D eigenvalue weighted by Crippen LogP contribution is -2.14. The van der Waals surface area contributed by atoms with Gasteiger partial charge < -0.3 is 14.2 Å². The van der Waals surface area contributed by atoms with Crippen molar-refractivity contribution in [3.63, 3.8) is 0 Å². The van der Waals surface area contributed by atoms with Crippen LogP contribution in [0.25, 0.3) is 0 Å². The molecule has 5 nitrogen and oxygen atoms in total. The number of rotatable bonds is 16. The number of para-hydroxylation sites is 2. The molecule has 0 aromatic heterocycles. The SMILES string of the molecule is CCCCCCCCCCCOC(=O)CCC(=O)Oc1ccccc1OC(C)C. The topological polar surface area (TPSA) is 61.8 Å². The Kier molecular flexibility index (Phi) is 13.6. The fourth-order valence-corrected chi connectivity index (χ4v) is 2.93. The van der Waals surface area contributed by atoms with Crippen LogP contribution >= 0.6 is 0 Å². The molecule has 0 amide bonds. The molecule has 0 unspecified atom stereocenters. The summed E-state index contributed by atoms with van der Waals surface area (Å²) >= 11 is 0. The molecule has 164 valence electrons. The van der Waals surface area contributed by atoms with E-state index in [1.807, 2.05) is 19.9 Å². The average molecular weight is 407 g/mol. The summed E-state index contributed by atoms with van der Waals surface area (Å²) in [5, 5.41) is 0. The van der Waals surface area contributed by atoms with Gasteiger partial charge in [-0.05, 0) is 32.4 Å². The van der Waals surface area contributed by atoms with Crippen molar-refractivity contribution >= 4 is 11.9 Å². The first-order valence-electron chi connectivity index (χ1n) is 11.1. The molecular weight excluding hydrogens is 368 g/mol. The molecule has 0 N–H and O–H groups in total. The highest BCUT2D eigenvalue weighted by molar-refractivity contribution is 5.79. The Hall–Kier alpha value is -2.04. The number of esters is 2. The van der Waals surface area contributed by atoms with E-state index in [-0.39, 0.29) is 24.9 Å². The van der Waals surface area contributed by atoms with Crippen molar-refractivity contribution in [1.82, 2.24) is 0 Å². The Bertz CT molecular complexity index is 582. The van der Waals surface area contributed by atoms with Crippen molar-refractivity contribution < 1.29 is 23.8 Å². The number of unbranched alkanes of at least 4 members (excludes halogenated alkanes) is 8. The van der Waals surface area contributed by atoms with Gasteiger partial charge in [-0.15, -0.1) is 0 Å². The Morgan fingerprint density at radius 2 is 1.34 bits per heavy atom. The first kappa shape index (κ1) is 25.0. The summed E-state index contributed by atoms with van der Waals surface area (Å²) in [5.74, 6) is 0.0658. The van der Waals surface area contributed by atoms with Crippen LogP contribution in [0.3, 0.4) is 0 Å². The van der Waals surface area contributed by atoms with Crippen LogP contribution < -0.4 is 9.47 Å². The number of carbonyl (C=O) groups is 2. The average Bonchev–Trinajstić information content (AvgIpc) is 2.69. The molecule has 0 bridgehead atoms. The number of carbonyl (C=O) groups excluding carboxylic acids is 2. The highest BCUT2D eigenvalue weighted by Crippen LogP contribution is 2.27. The van der Waals surface area contributed by atoms with Gasteiger partial charge in [-0.1, -0.05) is 70.4 Å². The van der Waals surface area contributed by atoms with Gasteiger partial charge in [0.05, 0.1) is 25.6 Å². The lowest BCUT2D eigenvalue weighted by atomic mass is 10.1. The van der Waals surface area contributed by atoms with Gasteiger partial charge in [-0.3, -0.25) is 9.59 Å². The van der Waals surface area contributed by atoms with Crippen molar-refractivity contribution in [2.24, 2.45) is 0 Å². The standard InChI is InChI=1S/C24H38O5/c1-4-5-6-7-8-9-10-11-14-19-27-23(25)17-18-24(26)29-22-16-13-12-15-21(22)28-20(2)3/h12-13,15-16,20H,4-11,14,17-19H2,1-3H3. The van der Waals surface area contributed by atoms with E-state index in [9.17, 15) is 9.59 Å². The summed E-state index contributed by atoms with van der Waals surface area (Å²) in [7, 11) is 0. The van der Waals surface area contributed by atoms with Gasteiger partial charge in [0.1, 0.15) is 0 Å². The van der Waals surface area contributed by atoms with E-state index >= 15 is 0 Å². The molecule has 1 aromatic rings. The van der Waals surface area contributed by atoms with E-state index in [1.54, 1.807) is 18.2 Å². The van der Waals surface area contributed by atoms with Gasteiger partial charge in [0.25, 0.3) is 0 Å². The quantitative estimate of drug-likeness (QED) is 0.185. The minimum Gasteiger partial charge on any atom is -0.487 e. The molecule has 1 rings (SSSR count). The largest absolute Gasteiger partial charge is 0.487 e. The smallest absolute Gasteiger partial charge is 0.311 e. The number of benzene rings is 1. The molecule has 0 atom stereocenters. The fourth-order valence-electron chi connectivity index (χ4n) is 2.93. The Labute approximate surface area is 176 Å². The molecule has 0 saturated carbocycles. The third-order valence-electron chi connectivity index (χ3n) is 4.48. The highest BCUT2D eigenvalue weighted by atomic mass is 16.6. The van der Waals surface area contributed by atoms with Gasteiger partial charge in [-0.2, -0.15) is 0 Å². The van der Waals surface area contributed by atoms with Crippen LogP contribution in [0.1, 0.15) is 91.4 Å². The van der Waals surface area contributed by atoms with Crippen LogP contribution in [-0.4, -0.2) is 24.6 Å². The highest BCUT2D eigenvalue weighted by Gasteiger charge is 2.13. The molecular formula is C24H38O5. The van der Waals surface area contributed by atoms with E-state index in [0.29, 0.717) is 18.1 Å². The van der Waals surface area contributed by atoms with Crippen molar-refractivity contribution in [2.75, 3.05) is 6.61 Å². The zero-order chi connectivity index (χ0) is 21.3. The van der Waals surface area contributed by atoms with Crippen molar-refractivity contribution in [2.45, 2.75) is 97.5 Å². The van der Waals surface area contributed by atoms with Crippen molar-refractivity contribution in [1.29, 1.82) is 0 Å². The molecule has 0 aliphatic heterocycles. The summed E-state index contributed by atoms with van der Waals surface area (Å²) in [6, 6.07) is 7.02. The summed E-state index contributed by atoms with van der Waals surface area (Å²) < 4.78 is 16.2. The second kappa shape index (κ2) is 15.8. The Morgan fingerprint density at radius 1 is 0.793 bits per heavy atom. The van der Waals surface area contributed by atoms with Crippen LogP contribution in [0.2, 0.25) is 0 Å². The fraction of sp³-hybridized carbons (Fsp3) is 0.667. The van der Waals surface area contributed by atoms with Crippen molar-refractivity contribution in [3.8, 4) is 11.5 Å². The molecule has 1 aromatic carbocycles. The third kappa shape index (κ3) is 12.9. The number of hydrogen-bond donors (Lipinski definition) is 0. The summed E-state index contributed by atoms with van der Waals surface area (Å²) in [6.07, 6.45) is 11.0. The van der Waals surface area contributed by atoms with Gasteiger partial charge in [-0.25, -0.2) is 0 Å². The normalized spacial score (nSPS) is 10.8. The van der Waals surface area contributed by atoms with Gasteiger partial charge in [0.15, 0.2) is 11.5 Å². The molecule has 0 fully saturated rings. The minimum atomic E-state index is -0.468. The predicted octanol–water partition coefficient (Wildman–Crippen LogP) is 6.23. The van der Waals surface area contributed by atoms with E-state index in [0.717, 1.165) is 12.8 Å². The summed E-state index contributed by atoms with van der Waals surface area (Å²) in [5.41, 5.74) is 0. The second-order valence-electron chi connectivity index (χ2n) is 7.64. The maximum Gasteiger partial charge on any atom is 0.311 e. The van der Waals surface area contributed by atoms with Crippen LogP contribution in [0.15, 0.2) is 24.3 Å². The molecule has 0 aliphatic rings. The van der Waals surface area contributed by atoms with E-state index in [1.165, 1.54) is 44.9 Å². The summed E-state index contributed by atoms with van der Waals surface area (Å²) in [4.78, 5) is 23.8. The molecule has 0 heterocycles. The van der Waals surface area contributed by atoms with E-state index < -0.39 is 5.97 Å². The monoisotopic (exact) mass is 406 g/mol. The molecule has 0 aliphatic carbocycles. The molecule has 5 heteroatoms. The van der Waals surface area contributed by atoms with Crippen molar-refractivity contribution in [3.05, 3.63) is 24.3 Å². The Morgan fingerprint density at radius 3 is 1.97 bits per heavy atom. The van der Waals surface area contributed by atoms with Crippen LogP contribution in [0.4, 0.5) is 0 Å². The van der Waals surface area contributed by atoms with Crippen LogP contribution in [-0.2, 0) is 14.3 Å². The lowest BCUT2D eigenvalue weighted by Gasteiger charge is -2.13. The number of hydrogen-bond acceptors (Lipinski definition) is 5. The zero-order valence-corrected chi connectivity index (χ0v) is 18.4. The first-order chi connectivity index (χ1) is 14.0. The maximum absolute atomic E-state index is 12.0. The Balaban J connectivity index is 2.11. The maximum atomic E-state index is 12.0. The lowest BCUT2D eigenvalue weighted by molar-refractivity contribution is -0.147. The predicted molar refractivity (Wildman–Crippen MR) is 115 cm³/mol. The van der Waals surface area contributed by atoms with Crippen LogP contribution in [0.5, 0.6) is 11.5 Å². The van der Waals surface area contributed by atoms with Gasteiger partial charge in [0, 0.05) is 0 Å². The second-order valence-corrected chi connectivity index (χ2v) is 7.64. The zero-order valence-electron chi connectivity index (χ0n) is 18.4. The molecule has 0 spiro atoms. The van der Waals surface area contributed by atoms with E-state index in [2.05, 4.69) is 6.92 Å². The van der Waals surface area contributed by atoms with Crippen LogP contribution in [0, 0.1) is 0 Å².